The van der Waals surface area contributed by atoms with E-state index >= 15 is 0 Å². The standard InChI is InChI=1S/C6H6NO2S/c1-5-2-7-6(10-5)3-9-4-8/h2H,3H2,1H3. The van der Waals surface area contributed by atoms with E-state index < -0.39 is 0 Å². The van der Waals surface area contributed by atoms with Gasteiger partial charge in [-0.25, -0.2) is 9.78 Å². The molecule has 0 spiro atoms. The molecule has 1 radical (unpaired) electrons. The van der Waals surface area contributed by atoms with E-state index in [1.807, 2.05) is 6.92 Å². The van der Waals surface area contributed by atoms with Crippen molar-refractivity contribution < 1.29 is 9.53 Å². The molecule has 1 rings (SSSR count). The van der Waals surface area contributed by atoms with Gasteiger partial charge in [-0.2, -0.15) is 0 Å². The molecular weight excluding hydrogens is 150 g/mol. The van der Waals surface area contributed by atoms with Crippen molar-refractivity contribution in [2.75, 3.05) is 0 Å². The van der Waals surface area contributed by atoms with Crippen LogP contribution in [0.15, 0.2) is 6.20 Å². The first kappa shape index (κ1) is 7.21. The van der Waals surface area contributed by atoms with Gasteiger partial charge >= 0.3 is 6.47 Å². The molecule has 0 saturated carbocycles. The summed E-state index contributed by atoms with van der Waals surface area (Å²) in [5.74, 6) is 0. The summed E-state index contributed by atoms with van der Waals surface area (Å²) in [5.41, 5.74) is 0. The Kier molecular flexibility index (Phi) is 2.39. The molecular formula is C6H6NO2S. The lowest BCUT2D eigenvalue weighted by Gasteiger charge is -1.88. The lowest BCUT2D eigenvalue weighted by molar-refractivity contribution is 0.266. The highest BCUT2D eigenvalue weighted by atomic mass is 32.1. The fraction of sp³-hybridized carbons (Fsp3) is 0.333. The average molecular weight is 156 g/mol. The minimum Gasteiger partial charge on any atom is -0.450 e. The third-order valence-electron chi connectivity index (χ3n) is 0.924. The van der Waals surface area contributed by atoms with Crippen molar-refractivity contribution in [2.45, 2.75) is 13.5 Å². The van der Waals surface area contributed by atoms with Gasteiger partial charge in [0.05, 0.1) is 0 Å². The smallest absolute Gasteiger partial charge is 0.417 e. The molecule has 1 heterocycles. The van der Waals surface area contributed by atoms with Gasteiger partial charge in [-0.15, -0.1) is 11.3 Å². The third-order valence-corrected chi connectivity index (χ3v) is 1.81. The van der Waals surface area contributed by atoms with E-state index in [0.29, 0.717) is 0 Å². The molecule has 3 nitrogen and oxygen atoms in total. The second-order valence-corrected chi connectivity index (χ2v) is 3.06. The molecule has 0 amide bonds. The molecule has 0 aromatic carbocycles. The highest BCUT2D eigenvalue weighted by Crippen LogP contribution is 2.11. The number of hydrogen-bond acceptors (Lipinski definition) is 4. The van der Waals surface area contributed by atoms with E-state index in [1.54, 1.807) is 6.20 Å². The summed E-state index contributed by atoms with van der Waals surface area (Å²) >= 11 is 1.51. The number of aryl methyl sites for hydroxylation is 1. The average Bonchev–Trinajstić information content (AvgIpc) is 2.31. The van der Waals surface area contributed by atoms with Crippen LogP contribution in [-0.4, -0.2) is 11.5 Å². The summed E-state index contributed by atoms with van der Waals surface area (Å²) in [7, 11) is 0. The molecule has 0 bridgehead atoms. The maximum Gasteiger partial charge on any atom is 0.417 e. The molecule has 1 aromatic rings. The van der Waals surface area contributed by atoms with Gasteiger partial charge in [0.25, 0.3) is 0 Å². The minimum absolute atomic E-state index is 0.238. The number of rotatable bonds is 3. The second kappa shape index (κ2) is 3.31. The Morgan fingerprint density at radius 1 is 1.90 bits per heavy atom. The van der Waals surface area contributed by atoms with Crippen LogP contribution in [0.4, 0.5) is 0 Å². The predicted octanol–water partition coefficient (Wildman–Crippen LogP) is 1.04. The molecule has 0 fully saturated rings. The van der Waals surface area contributed by atoms with Crippen molar-refractivity contribution in [1.82, 2.24) is 4.98 Å². The quantitative estimate of drug-likeness (QED) is 0.656. The summed E-state index contributed by atoms with van der Waals surface area (Å²) in [6.07, 6.45) is 1.74. The molecule has 0 unspecified atom stereocenters. The first-order valence-corrected chi connectivity index (χ1v) is 3.55. The van der Waals surface area contributed by atoms with E-state index in [1.165, 1.54) is 17.8 Å². The summed E-state index contributed by atoms with van der Waals surface area (Å²) < 4.78 is 4.38. The fourth-order valence-electron chi connectivity index (χ4n) is 0.559. The van der Waals surface area contributed by atoms with Crippen LogP contribution in [0.25, 0.3) is 0 Å². The van der Waals surface area contributed by atoms with Crippen molar-refractivity contribution in [3.05, 3.63) is 16.1 Å². The molecule has 0 saturated heterocycles. The number of carbonyl (C=O) groups excluding carboxylic acids is 1. The van der Waals surface area contributed by atoms with Crippen molar-refractivity contribution in [1.29, 1.82) is 0 Å². The maximum atomic E-state index is 9.61. The van der Waals surface area contributed by atoms with Gasteiger partial charge in [0, 0.05) is 11.1 Å². The molecule has 0 aliphatic carbocycles. The third kappa shape index (κ3) is 1.80. The van der Waals surface area contributed by atoms with E-state index in [2.05, 4.69) is 9.72 Å². The predicted molar refractivity (Wildman–Crippen MR) is 37.3 cm³/mol. The first-order valence-electron chi connectivity index (χ1n) is 2.73. The van der Waals surface area contributed by atoms with Crippen LogP contribution in [0, 0.1) is 6.92 Å². The SMILES string of the molecule is Cc1cnc(CO[C]=O)s1. The summed E-state index contributed by atoms with van der Waals surface area (Å²) in [6, 6.07) is 0. The van der Waals surface area contributed by atoms with Crippen LogP contribution < -0.4 is 0 Å². The van der Waals surface area contributed by atoms with Gasteiger partial charge in [0.1, 0.15) is 11.6 Å². The van der Waals surface area contributed by atoms with Crippen LogP contribution in [0.3, 0.4) is 0 Å². The highest BCUT2D eigenvalue weighted by Gasteiger charge is 1.96. The normalized spacial score (nSPS) is 9.30. The number of ether oxygens (including phenoxy) is 1. The molecule has 0 aliphatic heterocycles. The van der Waals surface area contributed by atoms with Crippen molar-refractivity contribution in [3.8, 4) is 0 Å². The van der Waals surface area contributed by atoms with Crippen LogP contribution in [0.5, 0.6) is 0 Å². The highest BCUT2D eigenvalue weighted by molar-refractivity contribution is 7.11. The Morgan fingerprint density at radius 3 is 3.20 bits per heavy atom. The van der Waals surface area contributed by atoms with E-state index in [9.17, 15) is 4.79 Å². The van der Waals surface area contributed by atoms with Gasteiger partial charge in [-0.05, 0) is 6.92 Å². The number of aromatic nitrogens is 1. The summed E-state index contributed by atoms with van der Waals surface area (Å²) in [4.78, 5) is 14.7. The molecule has 0 atom stereocenters. The zero-order chi connectivity index (χ0) is 7.40. The van der Waals surface area contributed by atoms with Gasteiger partial charge in [0.15, 0.2) is 0 Å². The molecule has 1 aromatic heterocycles. The topological polar surface area (TPSA) is 39.2 Å². The molecule has 4 heteroatoms. The molecule has 0 aliphatic rings. The Bertz CT molecular complexity index is 221. The fourth-order valence-corrected chi connectivity index (χ4v) is 1.26. The lowest BCUT2D eigenvalue weighted by atomic mass is 10.6. The van der Waals surface area contributed by atoms with Gasteiger partial charge < -0.3 is 4.74 Å². The first-order chi connectivity index (χ1) is 4.83. The second-order valence-electron chi connectivity index (χ2n) is 1.74. The Hall–Kier alpha value is -0.900. The number of hydrogen-bond donors (Lipinski definition) is 0. The van der Waals surface area contributed by atoms with Gasteiger partial charge in [-0.3, -0.25) is 0 Å². The monoisotopic (exact) mass is 156 g/mol. The molecule has 10 heavy (non-hydrogen) atoms. The van der Waals surface area contributed by atoms with E-state index in [0.717, 1.165) is 9.88 Å². The zero-order valence-corrected chi connectivity index (χ0v) is 6.27. The van der Waals surface area contributed by atoms with Crippen LogP contribution in [0.2, 0.25) is 0 Å². The van der Waals surface area contributed by atoms with E-state index in [-0.39, 0.29) is 6.61 Å². The van der Waals surface area contributed by atoms with Crippen molar-refractivity contribution in [3.63, 3.8) is 0 Å². The summed E-state index contributed by atoms with van der Waals surface area (Å²) in [6.45, 7) is 3.53. The van der Waals surface area contributed by atoms with Gasteiger partial charge in [0.2, 0.25) is 0 Å². The van der Waals surface area contributed by atoms with Crippen LogP contribution in [-0.2, 0) is 16.1 Å². The minimum atomic E-state index is 0.238. The van der Waals surface area contributed by atoms with Gasteiger partial charge in [-0.1, -0.05) is 0 Å². The lowest BCUT2D eigenvalue weighted by Crippen LogP contribution is -1.87. The van der Waals surface area contributed by atoms with Crippen LogP contribution >= 0.6 is 11.3 Å². The van der Waals surface area contributed by atoms with E-state index in [4.69, 9.17) is 0 Å². The number of nitrogens with zero attached hydrogens (tertiary/aromatic N) is 1. The van der Waals surface area contributed by atoms with Crippen molar-refractivity contribution >= 4 is 17.8 Å². The largest absolute Gasteiger partial charge is 0.450 e. The summed E-state index contributed by atoms with van der Waals surface area (Å²) in [5, 5.41) is 0.806. The molecule has 0 N–H and O–H groups in total. The van der Waals surface area contributed by atoms with Crippen LogP contribution in [0.1, 0.15) is 9.88 Å². The Morgan fingerprint density at radius 2 is 2.70 bits per heavy atom. The van der Waals surface area contributed by atoms with Crippen molar-refractivity contribution in [2.24, 2.45) is 0 Å². The Labute approximate surface area is 62.7 Å². The number of thiazole rings is 1. The maximum absolute atomic E-state index is 9.61. The Balaban J connectivity index is 2.49. The molecule has 53 valence electrons. The zero-order valence-electron chi connectivity index (χ0n) is 5.46.